The van der Waals surface area contributed by atoms with Crippen LogP contribution in [-0.2, 0) is 11.3 Å². The van der Waals surface area contributed by atoms with Crippen LogP contribution in [0.5, 0.6) is 5.75 Å². The number of hydrogen-bond acceptors (Lipinski definition) is 4. The van der Waals surface area contributed by atoms with Gasteiger partial charge in [-0.3, -0.25) is 4.79 Å². The first-order chi connectivity index (χ1) is 12.5. The number of benzene rings is 2. The zero-order valence-corrected chi connectivity index (χ0v) is 16.2. The van der Waals surface area contributed by atoms with Gasteiger partial charge in [0.2, 0.25) is 0 Å². The van der Waals surface area contributed by atoms with Crippen molar-refractivity contribution in [3.8, 4) is 16.3 Å². The summed E-state index contributed by atoms with van der Waals surface area (Å²) in [6.07, 6.45) is 0. The lowest BCUT2D eigenvalue weighted by Crippen LogP contribution is -2.28. The number of aromatic nitrogens is 1. The number of rotatable bonds is 6. The van der Waals surface area contributed by atoms with Gasteiger partial charge < -0.3 is 10.1 Å². The van der Waals surface area contributed by atoms with Crippen LogP contribution in [-0.4, -0.2) is 17.5 Å². The van der Waals surface area contributed by atoms with E-state index in [4.69, 9.17) is 16.3 Å². The van der Waals surface area contributed by atoms with Crippen molar-refractivity contribution >= 4 is 28.8 Å². The molecule has 0 aliphatic carbocycles. The van der Waals surface area contributed by atoms with Crippen LogP contribution < -0.4 is 10.1 Å². The normalized spacial score (nSPS) is 10.6. The molecule has 0 saturated carbocycles. The Morgan fingerprint density at radius 2 is 2.00 bits per heavy atom. The van der Waals surface area contributed by atoms with Crippen molar-refractivity contribution in [1.82, 2.24) is 10.3 Å². The number of halogens is 1. The van der Waals surface area contributed by atoms with E-state index in [-0.39, 0.29) is 12.5 Å². The molecule has 1 N–H and O–H groups in total. The smallest absolute Gasteiger partial charge is 0.258 e. The summed E-state index contributed by atoms with van der Waals surface area (Å²) in [7, 11) is 0. The van der Waals surface area contributed by atoms with E-state index in [9.17, 15) is 4.79 Å². The fourth-order valence-electron chi connectivity index (χ4n) is 2.42. The Morgan fingerprint density at radius 3 is 2.77 bits per heavy atom. The molecule has 2 aromatic carbocycles. The lowest BCUT2D eigenvalue weighted by Gasteiger charge is -2.08. The summed E-state index contributed by atoms with van der Waals surface area (Å²) in [5.74, 6) is 0.431. The van der Waals surface area contributed by atoms with Gasteiger partial charge in [0.25, 0.3) is 5.91 Å². The van der Waals surface area contributed by atoms with Crippen LogP contribution in [0.1, 0.15) is 16.8 Å². The van der Waals surface area contributed by atoms with E-state index < -0.39 is 0 Å². The van der Waals surface area contributed by atoms with E-state index in [2.05, 4.69) is 29.4 Å². The number of nitrogens with zero attached hydrogens (tertiary/aromatic N) is 1. The molecule has 0 saturated heterocycles. The number of nitrogens with one attached hydrogen (secondary N) is 1. The molecule has 4 nitrogen and oxygen atoms in total. The van der Waals surface area contributed by atoms with Crippen molar-refractivity contribution in [2.45, 2.75) is 20.4 Å². The van der Waals surface area contributed by atoms with Gasteiger partial charge in [-0.2, -0.15) is 0 Å². The van der Waals surface area contributed by atoms with Gasteiger partial charge in [-0.1, -0.05) is 35.9 Å². The SMILES string of the molecule is Cc1cc(OCC(=O)NCc2csc(-c3ccccc3C)n2)ccc1Cl. The van der Waals surface area contributed by atoms with Crippen molar-refractivity contribution < 1.29 is 9.53 Å². The van der Waals surface area contributed by atoms with Crippen molar-refractivity contribution in [2.75, 3.05) is 6.61 Å². The second-order valence-corrected chi connectivity index (χ2v) is 7.20. The molecule has 0 aliphatic heterocycles. The van der Waals surface area contributed by atoms with E-state index in [0.717, 1.165) is 21.8 Å². The predicted molar refractivity (Wildman–Crippen MR) is 106 cm³/mol. The zero-order valence-electron chi connectivity index (χ0n) is 14.6. The number of thiazole rings is 1. The van der Waals surface area contributed by atoms with Gasteiger partial charge in [-0.05, 0) is 43.2 Å². The third-order valence-corrected chi connectivity index (χ3v) is 5.24. The fourth-order valence-corrected chi connectivity index (χ4v) is 3.45. The lowest BCUT2D eigenvalue weighted by atomic mass is 10.1. The highest BCUT2D eigenvalue weighted by molar-refractivity contribution is 7.13. The molecule has 0 bridgehead atoms. The number of carbonyl (C=O) groups excluding carboxylic acids is 1. The van der Waals surface area contributed by atoms with Crippen molar-refractivity contribution in [3.05, 3.63) is 69.7 Å². The first-order valence-electron chi connectivity index (χ1n) is 8.19. The molecule has 0 atom stereocenters. The Morgan fingerprint density at radius 1 is 1.19 bits per heavy atom. The zero-order chi connectivity index (χ0) is 18.5. The topological polar surface area (TPSA) is 51.2 Å². The standard InChI is InChI=1S/C20H19ClN2O2S/c1-13-5-3-4-6-17(13)20-23-15(12-26-20)10-22-19(24)11-25-16-7-8-18(21)14(2)9-16/h3-9,12H,10-11H2,1-2H3,(H,22,24). The van der Waals surface area contributed by atoms with Crippen molar-refractivity contribution in [3.63, 3.8) is 0 Å². The highest BCUT2D eigenvalue weighted by Crippen LogP contribution is 2.26. The second kappa shape index (κ2) is 8.34. The quantitative estimate of drug-likeness (QED) is 0.663. The maximum absolute atomic E-state index is 12.0. The van der Waals surface area contributed by atoms with Gasteiger partial charge in [0.05, 0.1) is 12.2 Å². The Hall–Kier alpha value is -2.37. The molecule has 1 amide bonds. The maximum Gasteiger partial charge on any atom is 0.258 e. The van der Waals surface area contributed by atoms with Gasteiger partial charge in [-0.25, -0.2) is 4.98 Å². The summed E-state index contributed by atoms with van der Waals surface area (Å²) < 4.78 is 5.49. The summed E-state index contributed by atoms with van der Waals surface area (Å²) >= 11 is 7.55. The Labute approximate surface area is 161 Å². The number of ether oxygens (including phenoxy) is 1. The van der Waals surface area contributed by atoms with Crippen LogP contribution in [0.15, 0.2) is 47.8 Å². The number of amides is 1. The van der Waals surface area contributed by atoms with Gasteiger partial charge in [0, 0.05) is 16.0 Å². The van der Waals surface area contributed by atoms with E-state index in [1.54, 1.807) is 23.5 Å². The van der Waals surface area contributed by atoms with Crippen molar-refractivity contribution in [1.29, 1.82) is 0 Å². The first kappa shape index (κ1) is 18.4. The molecule has 6 heteroatoms. The number of carbonyl (C=O) groups is 1. The highest BCUT2D eigenvalue weighted by atomic mass is 35.5. The molecule has 0 fully saturated rings. The first-order valence-corrected chi connectivity index (χ1v) is 9.45. The molecule has 0 aliphatic rings. The Balaban J connectivity index is 1.52. The minimum atomic E-state index is -0.192. The average molecular weight is 387 g/mol. The highest BCUT2D eigenvalue weighted by Gasteiger charge is 2.09. The molecule has 3 aromatic rings. The van der Waals surface area contributed by atoms with Crippen LogP contribution in [0, 0.1) is 13.8 Å². The molecule has 0 unspecified atom stereocenters. The molecule has 3 rings (SSSR count). The average Bonchev–Trinajstić information content (AvgIpc) is 3.10. The summed E-state index contributed by atoms with van der Waals surface area (Å²) in [5, 5.41) is 6.43. The molecule has 0 spiro atoms. The Bertz CT molecular complexity index is 924. The molecule has 134 valence electrons. The third kappa shape index (κ3) is 4.62. The summed E-state index contributed by atoms with van der Waals surface area (Å²) in [4.78, 5) is 16.6. The Kier molecular flexibility index (Phi) is 5.91. The molecular formula is C20H19ClN2O2S. The number of aryl methyl sites for hydroxylation is 2. The van der Waals surface area contributed by atoms with Gasteiger partial charge in [0.1, 0.15) is 10.8 Å². The van der Waals surface area contributed by atoms with Crippen LogP contribution in [0.25, 0.3) is 10.6 Å². The van der Waals surface area contributed by atoms with Gasteiger partial charge in [-0.15, -0.1) is 11.3 Å². The van der Waals surface area contributed by atoms with E-state index >= 15 is 0 Å². The molecule has 1 heterocycles. The van der Waals surface area contributed by atoms with E-state index in [1.807, 2.05) is 30.5 Å². The van der Waals surface area contributed by atoms with Crippen LogP contribution in [0.3, 0.4) is 0 Å². The minimum Gasteiger partial charge on any atom is -0.484 e. The van der Waals surface area contributed by atoms with Crippen LogP contribution in [0.4, 0.5) is 0 Å². The fraction of sp³-hybridized carbons (Fsp3) is 0.200. The molecule has 26 heavy (non-hydrogen) atoms. The predicted octanol–water partition coefficient (Wildman–Crippen LogP) is 4.78. The second-order valence-electron chi connectivity index (χ2n) is 5.94. The minimum absolute atomic E-state index is 0.0458. The van der Waals surface area contributed by atoms with Gasteiger partial charge >= 0.3 is 0 Å². The molecular weight excluding hydrogens is 368 g/mol. The largest absolute Gasteiger partial charge is 0.484 e. The lowest BCUT2D eigenvalue weighted by molar-refractivity contribution is -0.123. The monoisotopic (exact) mass is 386 g/mol. The molecule has 0 radical (unpaired) electrons. The molecule has 1 aromatic heterocycles. The van der Waals surface area contributed by atoms with Crippen LogP contribution >= 0.6 is 22.9 Å². The van der Waals surface area contributed by atoms with Crippen molar-refractivity contribution in [2.24, 2.45) is 0 Å². The third-order valence-electron chi connectivity index (χ3n) is 3.89. The van der Waals surface area contributed by atoms with Crippen LogP contribution in [0.2, 0.25) is 5.02 Å². The summed E-state index contributed by atoms with van der Waals surface area (Å²) in [5.41, 5.74) is 4.06. The number of hydrogen-bond donors (Lipinski definition) is 1. The summed E-state index contributed by atoms with van der Waals surface area (Å²) in [6.45, 7) is 4.29. The van der Waals surface area contributed by atoms with E-state index in [0.29, 0.717) is 17.3 Å². The van der Waals surface area contributed by atoms with E-state index in [1.165, 1.54) is 5.56 Å². The maximum atomic E-state index is 12.0. The van der Waals surface area contributed by atoms with Gasteiger partial charge in [0.15, 0.2) is 6.61 Å². The summed E-state index contributed by atoms with van der Waals surface area (Å²) in [6, 6.07) is 13.4.